The first-order valence-corrected chi connectivity index (χ1v) is 8.15. The first-order valence-electron chi connectivity index (χ1n) is 7.27. The number of nitrogens with one attached hydrogen (secondary N) is 2. The Hall–Kier alpha value is -2.07. The van der Waals surface area contributed by atoms with E-state index in [0.717, 1.165) is 0 Å². The van der Waals surface area contributed by atoms with Crippen molar-refractivity contribution in [3.05, 3.63) is 34.5 Å². The maximum atomic E-state index is 13.0. The predicted octanol–water partition coefficient (Wildman–Crippen LogP) is 2.86. The molecule has 3 heterocycles. The van der Waals surface area contributed by atoms with Gasteiger partial charge in [0.25, 0.3) is 0 Å². The Morgan fingerprint density at radius 3 is 3.00 bits per heavy atom. The van der Waals surface area contributed by atoms with Gasteiger partial charge in [-0.1, -0.05) is 0 Å². The van der Waals surface area contributed by atoms with Crippen molar-refractivity contribution in [1.82, 2.24) is 15.1 Å². The number of thiophene rings is 1. The van der Waals surface area contributed by atoms with Crippen molar-refractivity contribution in [1.29, 1.82) is 0 Å². The molecule has 0 fully saturated rings. The van der Waals surface area contributed by atoms with Crippen LogP contribution in [0.4, 0.5) is 23.0 Å². The lowest BCUT2D eigenvalue weighted by molar-refractivity contribution is -0.142. The second-order valence-electron chi connectivity index (χ2n) is 5.16. The van der Waals surface area contributed by atoms with Crippen LogP contribution < -0.4 is 10.6 Å². The van der Waals surface area contributed by atoms with Crippen LogP contribution in [-0.2, 0) is 30.5 Å². The number of ether oxygens (including phenoxy) is 1. The lowest BCUT2D eigenvalue weighted by atomic mass is 10.1. The Kier molecular flexibility index (Phi) is 4.76. The highest BCUT2D eigenvalue weighted by atomic mass is 32.1. The molecule has 2 aromatic rings. The molecule has 10 heteroatoms. The molecule has 0 radical (unpaired) electrons. The number of rotatable bonds is 4. The molecule has 24 heavy (non-hydrogen) atoms. The Morgan fingerprint density at radius 1 is 1.46 bits per heavy atom. The number of hydrogen-bond donors (Lipinski definition) is 2. The van der Waals surface area contributed by atoms with Crippen molar-refractivity contribution in [2.45, 2.75) is 25.7 Å². The van der Waals surface area contributed by atoms with Crippen LogP contribution in [0.2, 0.25) is 0 Å². The maximum Gasteiger partial charge on any atom is 0.435 e. The molecule has 3 rings (SSSR count). The first kappa shape index (κ1) is 16.8. The second kappa shape index (κ2) is 6.81. The van der Waals surface area contributed by atoms with E-state index in [2.05, 4.69) is 15.7 Å². The van der Waals surface area contributed by atoms with Gasteiger partial charge in [-0.3, -0.25) is 10.00 Å². The molecule has 0 saturated carbocycles. The molecule has 2 N–H and O–H groups in total. The molecule has 0 saturated heterocycles. The summed E-state index contributed by atoms with van der Waals surface area (Å²) in [5, 5.41) is 11.4. The second-order valence-corrected chi connectivity index (χ2v) is 6.10. The average molecular weight is 360 g/mol. The third-order valence-electron chi connectivity index (χ3n) is 3.53. The smallest absolute Gasteiger partial charge is 0.376 e. The van der Waals surface area contributed by atoms with E-state index >= 15 is 0 Å². The number of alkyl halides is 3. The Bertz CT molecular complexity index is 712. The average Bonchev–Trinajstić information content (AvgIpc) is 3.15. The fourth-order valence-corrected chi connectivity index (χ4v) is 3.11. The van der Waals surface area contributed by atoms with Crippen LogP contribution in [0.3, 0.4) is 0 Å². The highest BCUT2D eigenvalue weighted by Crippen LogP contribution is 2.34. The summed E-state index contributed by atoms with van der Waals surface area (Å²) in [6, 6.07) is 3.15. The van der Waals surface area contributed by atoms with Gasteiger partial charge >= 0.3 is 12.2 Å². The molecule has 0 bridgehead atoms. The van der Waals surface area contributed by atoms with E-state index in [9.17, 15) is 18.0 Å². The predicted molar refractivity (Wildman–Crippen MR) is 81.9 cm³/mol. The molecular formula is C14H15F3N4O2S. The van der Waals surface area contributed by atoms with Crippen molar-refractivity contribution in [3.8, 4) is 0 Å². The summed E-state index contributed by atoms with van der Waals surface area (Å²) in [5.74, 6) is 0. The van der Waals surface area contributed by atoms with Crippen LogP contribution in [0, 0.1) is 0 Å². The van der Waals surface area contributed by atoms with Crippen molar-refractivity contribution in [2.75, 3.05) is 18.5 Å². The fourth-order valence-electron chi connectivity index (χ4n) is 2.50. The molecule has 1 aliphatic rings. The Labute approximate surface area is 139 Å². The van der Waals surface area contributed by atoms with Crippen LogP contribution in [0.15, 0.2) is 17.5 Å². The maximum absolute atomic E-state index is 13.0. The Morgan fingerprint density at radius 2 is 2.29 bits per heavy atom. The van der Waals surface area contributed by atoms with E-state index in [-0.39, 0.29) is 25.3 Å². The number of amides is 2. The van der Waals surface area contributed by atoms with Gasteiger partial charge in [0.15, 0.2) is 5.69 Å². The highest BCUT2D eigenvalue weighted by Gasteiger charge is 2.39. The standard InChI is InChI=1S/C14H15F3N4O2S/c15-14(16,17)12-9-8-23-6-3-10(9)21(20-12)5-4-18-13(22)19-11-2-1-7-24-11/h1-2,7H,3-6,8H2,(H2,18,19,22). The molecule has 130 valence electrons. The summed E-state index contributed by atoms with van der Waals surface area (Å²) < 4.78 is 45.5. The van der Waals surface area contributed by atoms with Gasteiger partial charge in [0.1, 0.15) is 0 Å². The number of fused-ring (bicyclic) bond motifs is 1. The molecule has 0 aliphatic carbocycles. The number of urea groups is 1. The number of hydrogen-bond acceptors (Lipinski definition) is 4. The van der Waals surface area contributed by atoms with Crippen LogP contribution in [-0.4, -0.2) is 29.0 Å². The summed E-state index contributed by atoms with van der Waals surface area (Å²) in [5.41, 5.74) is -0.286. The lowest BCUT2D eigenvalue weighted by Gasteiger charge is -2.15. The molecule has 2 aromatic heterocycles. The minimum Gasteiger partial charge on any atom is -0.376 e. The largest absolute Gasteiger partial charge is 0.435 e. The van der Waals surface area contributed by atoms with Gasteiger partial charge in [0, 0.05) is 24.2 Å². The van der Waals surface area contributed by atoms with Gasteiger partial charge in [0.05, 0.1) is 24.8 Å². The van der Waals surface area contributed by atoms with Gasteiger partial charge in [0.2, 0.25) is 0 Å². The zero-order valence-electron chi connectivity index (χ0n) is 12.5. The monoisotopic (exact) mass is 360 g/mol. The summed E-state index contributed by atoms with van der Waals surface area (Å²) in [6.07, 6.45) is -4.14. The van der Waals surface area contributed by atoms with Gasteiger partial charge in [-0.15, -0.1) is 11.3 Å². The van der Waals surface area contributed by atoms with Crippen LogP contribution in [0.25, 0.3) is 0 Å². The highest BCUT2D eigenvalue weighted by molar-refractivity contribution is 7.14. The lowest BCUT2D eigenvalue weighted by Crippen LogP contribution is -2.32. The van der Waals surface area contributed by atoms with Gasteiger partial charge in [-0.05, 0) is 17.5 Å². The number of aromatic nitrogens is 2. The van der Waals surface area contributed by atoms with Gasteiger partial charge in [-0.25, -0.2) is 4.79 Å². The molecule has 0 spiro atoms. The normalized spacial score (nSPS) is 14.3. The first-order chi connectivity index (χ1) is 11.4. The van der Waals surface area contributed by atoms with E-state index in [1.54, 1.807) is 12.1 Å². The summed E-state index contributed by atoms with van der Waals surface area (Å²) in [7, 11) is 0. The SMILES string of the molecule is O=C(NCCn1nc(C(F)(F)F)c2c1CCOC2)Nc1cccs1. The molecule has 0 atom stereocenters. The van der Waals surface area contributed by atoms with Crippen molar-refractivity contribution < 1.29 is 22.7 Å². The Balaban J connectivity index is 1.63. The molecule has 0 unspecified atom stereocenters. The van der Waals surface area contributed by atoms with E-state index in [1.807, 2.05) is 5.38 Å². The van der Waals surface area contributed by atoms with Crippen LogP contribution in [0.5, 0.6) is 0 Å². The molecular weight excluding hydrogens is 345 g/mol. The zero-order valence-corrected chi connectivity index (χ0v) is 13.3. The van der Waals surface area contributed by atoms with Gasteiger partial charge < -0.3 is 10.1 Å². The topological polar surface area (TPSA) is 68.2 Å². The minimum absolute atomic E-state index is 0.0868. The van der Waals surface area contributed by atoms with E-state index < -0.39 is 17.9 Å². The quantitative estimate of drug-likeness (QED) is 0.881. The number of halogens is 3. The van der Waals surface area contributed by atoms with Gasteiger partial charge in [-0.2, -0.15) is 18.3 Å². The number of anilines is 1. The van der Waals surface area contributed by atoms with Crippen molar-refractivity contribution in [3.63, 3.8) is 0 Å². The summed E-state index contributed by atoms with van der Waals surface area (Å²) >= 11 is 1.38. The fraction of sp³-hybridized carbons (Fsp3) is 0.429. The number of nitrogens with zero attached hydrogens (tertiary/aromatic N) is 2. The van der Waals surface area contributed by atoms with Crippen LogP contribution >= 0.6 is 11.3 Å². The van der Waals surface area contributed by atoms with E-state index in [1.165, 1.54) is 16.0 Å². The van der Waals surface area contributed by atoms with E-state index in [0.29, 0.717) is 23.7 Å². The number of carbonyl (C=O) groups is 1. The molecule has 6 nitrogen and oxygen atoms in total. The molecule has 1 aliphatic heterocycles. The summed E-state index contributed by atoms with van der Waals surface area (Å²) in [4.78, 5) is 11.7. The zero-order chi connectivity index (χ0) is 17.2. The van der Waals surface area contributed by atoms with E-state index in [4.69, 9.17) is 4.74 Å². The molecule has 2 amide bonds. The van der Waals surface area contributed by atoms with Crippen LogP contribution in [0.1, 0.15) is 17.0 Å². The third-order valence-corrected chi connectivity index (χ3v) is 4.32. The number of carbonyl (C=O) groups excluding carboxylic acids is 1. The summed E-state index contributed by atoms with van der Waals surface area (Å²) in [6.45, 7) is 0.610. The van der Waals surface area contributed by atoms with Crippen molar-refractivity contribution in [2.24, 2.45) is 0 Å². The minimum atomic E-state index is -4.51. The molecule has 0 aromatic carbocycles. The third kappa shape index (κ3) is 3.70. The van der Waals surface area contributed by atoms with Crippen molar-refractivity contribution >= 4 is 22.4 Å².